The first-order valence-corrected chi connectivity index (χ1v) is 7.08. The number of amides is 1. The van der Waals surface area contributed by atoms with Gasteiger partial charge in [0.15, 0.2) is 0 Å². The number of methoxy groups -OCH3 is 1. The molecule has 0 aromatic heterocycles. The van der Waals surface area contributed by atoms with Crippen molar-refractivity contribution in [3.63, 3.8) is 0 Å². The summed E-state index contributed by atoms with van der Waals surface area (Å²) in [6.07, 6.45) is 1.02. The van der Waals surface area contributed by atoms with Crippen molar-refractivity contribution in [1.29, 1.82) is 0 Å². The summed E-state index contributed by atoms with van der Waals surface area (Å²) < 4.78 is 10.2. The normalized spacial score (nSPS) is 26.9. The van der Waals surface area contributed by atoms with E-state index in [0.29, 0.717) is 39.2 Å². The number of nitrogens with zero attached hydrogens (tertiary/aromatic N) is 1. The Morgan fingerprint density at radius 2 is 2.05 bits per heavy atom. The molecule has 6 heteroatoms. The van der Waals surface area contributed by atoms with Crippen LogP contribution >= 0.6 is 0 Å². The molecule has 1 N–H and O–H groups in total. The Morgan fingerprint density at radius 3 is 2.65 bits per heavy atom. The van der Waals surface area contributed by atoms with Gasteiger partial charge in [-0.05, 0) is 19.3 Å². The Morgan fingerprint density at radius 1 is 1.35 bits per heavy atom. The highest BCUT2D eigenvalue weighted by Gasteiger charge is 2.41. The third kappa shape index (κ3) is 4.45. The van der Waals surface area contributed by atoms with Crippen LogP contribution in [0.2, 0.25) is 0 Å². The molecule has 0 aromatic rings. The monoisotopic (exact) mass is 287 g/mol. The fraction of sp³-hybridized carbons (Fsp3) is 0.857. The molecule has 0 spiro atoms. The Kier molecular flexibility index (Phi) is 6.95. The lowest BCUT2D eigenvalue weighted by atomic mass is 9.81. The van der Waals surface area contributed by atoms with E-state index in [9.17, 15) is 14.7 Å². The summed E-state index contributed by atoms with van der Waals surface area (Å²) in [6, 6.07) is -0.261. The zero-order chi connectivity index (χ0) is 15.1. The van der Waals surface area contributed by atoms with Gasteiger partial charge in [0, 0.05) is 32.7 Å². The van der Waals surface area contributed by atoms with Gasteiger partial charge in [-0.3, -0.25) is 9.59 Å². The molecule has 1 fully saturated rings. The Labute approximate surface area is 120 Å². The zero-order valence-corrected chi connectivity index (χ0v) is 12.5. The summed E-state index contributed by atoms with van der Waals surface area (Å²) in [4.78, 5) is 25.0. The zero-order valence-electron chi connectivity index (χ0n) is 12.5. The van der Waals surface area contributed by atoms with E-state index >= 15 is 0 Å². The average Bonchev–Trinajstić information content (AvgIpc) is 2.35. The highest BCUT2D eigenvalue weighted by Crippen LogP contribution is 2.30. The number of hydrogen-bond donors (Lipinski definition) is 1. The number of carboxylic acids is 1. The van der Waals surface area contributed by atoms with Crippen molar-refractivity contribution in [2.75, 3.05) is 33.5 Å². The van der Waals surface area contributed by atoms with Crippen LogP contribution in [0.4, 0.5) is 0 Å². The molecule has 3 atom stereocenters. The third-order valence-corrected chi connectivity index (χ3v) is 3.85. The van der Waals surface area contributed by atoms with Crippen molar-refractivity contribution in [3.05, 3.63) is 0 Å². The number of carbonyl (C=O) groups is 2. The van der Waals surface area contributed by atoms with Gasteiger partial charge in [-0.2, -0.15) is 0 Å². The van der Waals surface area contributed by atoms with Crippen molar-refractivity contribution < 1.29 is 24.2 Å². The molecule has 1 rings (SSSR count). The van der Waals surface area contributed by atoms with E-state index in [0.717, 1.165) is 0 Å². The second-order valence-corrected chi connectivity index (χ2v) is 5.33. The fourth-order valence-corrected chi connectivity index (χ4v) is 2.78. The lowest BCUT2D eigenvalue weighted by Gasteiger charge is -2.40. The van der Waals surface area contributed by atoms with Gasteiger partial charge in [-0.1, -0.05) is 6.92 Å². The predicted molar refractivity (Wildman–Crippen MR) is 73.4 cm³/mol. The predicted octanol–water partition coefficient (Wildman–Crippen LogP) is 0.997. The minimum Gasteiger partial charge on any atom is -0.481 e. The van der Waals surface area contributed by atoms with E-state index in [1.807, 2.05) is 13.8 Å². The van der Waals surface area contributed by atoms with E-state index in [1.54, 1.807) is 12.0 Å². The Balaban J connectivity index is 2.43. The van der Waals surface area contributed by atoms with Gasteiger partial charge in [-0.15, -0.1) is 0 Å². The SMILES string of the molecule is COCCOCCCN1C(=O)CC(C)C(C(=O)O)C1C. The quantitative estimate of drug-likeness (QED) is 0.674. The number of carbonyl (C=O) groups excluding carboxylic acids is 1. The number of aliphatic carboxylic acids is 1. The largest absolute Gasteiger partial charge is 0.481 e. The van der Waals surface area contributed by atoms with Gasteiger partial charge >= 0.3 is 5.97 Å². The molecule has 1 aliphatic rings. The van der Waals surface area contributed by atoms with Crippen molar-refractivity contribution in [2.24, 2.45) is 11.8 Å². The molecule has 116 valence electrons. The van der Waals surface area contributed by atoms with Gasteiger partial charge in [0.1, 0.15) is 0 Å². The number of hydrogen-bond acceptors (Lipinski definition) is 4. The molecule has 1 heterocycles. The third-order valence-electron chi connectivity index (χ3n) is 3.85. The van der Waals surface area contributed by atoms with Gasteiger partial charge < -0.3 is 19.5 Å². The van der Waals surface area contributed by atoms with E-state index in [1.165, 1.54) is 0 Å². The summed E-state index contributed by atoms with van der Waals surface area (Å²) in [5, 5.41) is 9.28. The average molecular weight is 287 g/mol. The fourth-order valence-electron chi connectivity index (χ4n) is 2.78. The minimum atomic E-state index is -0.821. The van der Waals surface area contributed by atoms with Crippen molar-refractivity contribution in [1.82, 2.24) is 4.90 Å². The van der Waals surface area contributed by atoms with Gasteiger partial charge in [0.25, 0.3) is 0 Å². The molecule has 6 nitrogen and oxygen atoms in total. The maximum Gasteiger partial charge on any atom is 0.308 e. The number of carboxylic acid groups (broad SMARTS) is 1. The minimum absolute atomic E-state index is 0.0411. The van der Waals surface area contributed by atoms with Gasteiger partial charge in [-0.25, -0.2) is 0 Å². The van der Waals surface area contributed by atoms with Crippen molar-refractivity contribution >= 4 is 11.9 Å². The molecule has 0 bridgehead atoms. The molecule has 0 aromatic carbocycles. The molecule has 20 heavy (non-hydrogen) atoms. The lowest BCUT2D eigenvalue weighted by molar-refractivity contribution is -0.154. The van der Waals surface area contributed by atoms with E-state index in [2.05, 4.69) is 0 Å². The summed E-state index contributed by atoms with van der Waals surface area (Å²) in [6.45, 7) is 5.83. The summed E-state index contributed by atoms with van der Waals surface area (Å²) in [7, 11) is 1.62. The first kappa shape index (κ1) is 16.9. The second-order valence-electron chi connectivity index (χ2n) is 5.33. The van der Waals surface area contributed by atoms with Crippen LogP contribution in [-0.4, -0.2) is 61.4 Å². The lowest BCUT2D eigenvalue weighted by Crippen LogP contribution is -2.53. The second kappa shape index (κ2) is 8.21. The molecule has 0 aliphatic carbocycles. The smallest absolute Gasteiger partial charge is 0.308 e. The first-order chi connectivity index (χ1) is 9.49. The molecule has 3 unspecified atom stereocenters. The maximum absolute atomic E-state index is 12.0. The number of piperidine rings is 1. The summed E-state index contributed by atoms with van der Waals surface area (Å²) in [5.41, 5.74) is 0. The van der Waals surface area contributed by atoms with Gasteiger partial charge in [0.05, 0.1) is 19.1 Å². The first-order valence-electron chi connectivity index (χ1n) is 7.08. The van der Waals surface area contributed by atoms with Crippen LogP contribution in [-0.2, 0) is 19.1 Å². The van der Waals surface area contributed by atoms with E-state index in [4.69, 9.17) is 9.47 Å². The highest BCUT2D eigenvalue weighted by molar-refractivity contribution is 5.81. The summed E-state index contributed by atoms with van der Waals surface area (Å²) >= 11 is 0. The van der Waals surface area contributed by atoms with Crippen LogP contribution in [0.25, 0.3) is 0 Å². The molecule has 1 saturated heterocycles. The molecule has 0 radical (unpaired) electrons. The number of ether oxygens (including phenoxy) is 2. The van der Waals surface area contributed by atoms with Gasteiger partial charge in [0.2, 0.25) is 5.91 Å². The van der Waals surface area contributed by atoms with Crippen molar-refractivity contribution in [3.8, 4) is 0 Å². The van der Waals surface area contributed by atoms with Crippen LogP contribution in [0.15, 0.2) is 0 Å². The molecular weight excluding hydrogens is 262 g/mol. The highest BCUT2D eigenvalue weighted by atomic mass is 16.5. The molecular formula is C14H25NO5. The summed E-state index contributed by atoms with van der Waals surface area (Å²) in [5.74, 6) is -1.37. The number of likely N-dealkylation sites (tertiary alicyclic amines) is 1. The standard InChI is InChI=1S/C14H25NO5/c1-10-9-12(16)15(11(2)13(10)14(17)18)5-4-6-20-8-7-19-3/h10-11,13H,4-9H2,1-3H3,(H,17,18). The van der Waals surface area contributed by atoms with Crippen LogP contribution in [0.1, 0.15) is 26.7 Å². The number of rotatable bonds is 8. The maximum atomic E-state index is 12.0. The Hall–Kier alpha value is -1.14. The van der Waals surface area contributed by atoms with Crippen LogP contribution in [0.3, 0.4) is 0 Å². The Bertz CT molecular complexity index is 334. The van der Waals surface area contributed by atoms with E-state index in [-0.39, 0.29) is 17.9 Å². The topological polar surface area (TPSA) is 76.1 Å². The molecule has 1 amide bonds. The van der Waals surface area contributed by atoms with Crippen LogP contribution in [0.5, 0.6) is 0 Å². The van der Waals surface area contributed by atoms with Crippen LogP contribution in [0, 0.1) is 11.8 Å². The van der Waals surface area contributed by atoms with Crippen LogP contribution < -0.4 is 0 Å². The van der Waals surface area contributed by atoms with E-state index < -0.39 is 11.9 Å². The molecule has 1 aliphatic heterocycles. The van der Waals surface area contributed by atoms with Crippen molar-refractivity contribution in [2.45, 2.75) is 32.7 Å². The molecule has 0 saturated carbocycles.